The summed E-state index contributed by atoms with van der Waals surface area (Å²) in [6, 6.07) is 72.7. The molecule has 0 bridgehead atoms. The Morgan fingerprint density at radius 1 is 0.314 bits per heavy atom. The van der Waals surface area contributed by atoms with Gasteiger partial charge in [-0.3, -0.25) is 0 Å². The van der Waals surface area contributed by atoms with Gasteiger partial charge < -0.3 is 14.2 Å². The fraction of sp³-hybridized carbons (Fsp3) is 0. The Kier molecular flexibility index (Phi) is 7.84. The van der Waals surface area contributed by atoms with E-state index in [0.717, 1.165) is 67.2 Å². The van der Waals surface area contributed by atoms with Crippen molar-refractivity contribution in [2.45, 2.75) is 0 Å². The fourth-order valence-electron chi connectivity index (χ4n) is 7.11. The largest absolute Gasteiger partial charge is 0.456 e. The van der Waals surface area contributed by atoms with E-state index in [-0.39, 0.29) is 0 Å². The van der Waals surface area contributed by atoms with Crippen LogP contribution in [-0.4, -0.2) is 0 Å². The van der Waals surface area contributed by atoms with Crippen molar-refractivity contribution < 1.29 is 4.42 Å². The van der Waals surface area contributed by atoms with Crippen molar-refractivity contribution in [1.82, 2.24) is 0 Å². The molecule has 1 aromatic heterocycles. The predicted octanol–water partition coefficient (Wildman–Crippen LogP) is 13.9. The minimum Gasteiger partial charge on any atom is -0.456 e. The van der Waals surface area contributed by atoms with E-state index in [0.29, 0.717) is 0 Å². The summed E-state index contributed by atoms with van der Waals surface area (Å²) in [6.07, 6.45) is 0. The molecule has 0 fully saturated rings. The summed E-state index contributed by atoms with van der Waals surface area (Å²) in [5.74, 6) is 0. The van der Waals surface area contributed by atoms with Gasteiger partial charge in [0.25, 0.3) is 0 Å². The lowest BCUT2D eigenvalue weighted by Crippen LogP contribution is -2.12. The molecule has 51 heavy (non-hydrogen) atoms. The smallest absolute Gasteiger partial charge is 0.137 e. The lowest BCUT2D eigenvalue weighted by Gasteiger charge is -2.29. The van der Waals surface area contributed by atoms with Crippen molar-refractivity contribution in [1.29, 1.82) is 0 Å². The summed E-state index contributed by atoms with van der Waals surface area (Å²) in [6.45, 7) is 0. The van der Waals surface area contributed by atoms with Gasteiger partial charge in [0.15, 0.2) is 0 Å². The molecule has 0 amide bonds. The summed E-state index contributed by atoms with van der Waals surface area (Å²) < 4.78 is 6.40. The Hall–Kier alpha value is -6.84. The van der Waals surface area contributed by atoms with Crippen LogP contribution in [0.1, 0.15) is 0 Å². The molecule has 0 aliphatic rings. The number of anilines is 6. The molecule has 3 nitrogen and oxygen atoms in total. The highest BCUT2D eigenvalue weighted by Gasteiger charge is 2.22. The lowest BCUT2D eigenvalue weighted by molar-refractivity contribution is 0.669. The first-order valence-electron chi connectivity index (χ1n) is 17.3. The Morgan fingerprint density at radius 2 is 0.824 bits per heavy atom. The van der Waals surface area contributed by atoms with Crippen LogP contribution in [0.15, 0.2) is 211 Å². The molecule has 0 atom stereocenters. The molecule has 0 radical (unpaired) electrons. The maximum atomic E-state index is 6.40. The molecular formula is C48H34N2O. The van der Waals surface area contributed by atoms with Crippen LogP contribution in [0.4, 0.5) is 34.1 Å². The highest BCUT2D eigenvalue weighted by Crippen LogP contribution is 2.47. The van der Waals surface area contributed by atoms with Crippen molar-refractivity contribution in [3.8, 4) is 22.3 Å². The van der Waals surface area contributed by atoms with Gasteiger partial charge in [-0.2, -0.15) is 0 Å². The van der Waals surface area contributed by atoms with E-state index in [1.807, 2.05) is 12.1 Å². The first-order chi connectivity index (χ1) is 25.3. The number of hydrogen-bond acceptors (Lipinski definition) is 3. The third kappa shape index (κ3) is 5.71. The van der Waals surface area contributed by atoms with Gasteiger partial charge in [-0.05, 0) is 89.5 Å². The number of hydrogen-bond donors (Lipinski definition) is 0. The third-order valence-corrected chi connectivity index (χ3v) is 9.44. The van der Waals surface area contributed by atoms with Gasteiger partial charge in [-0.15, -0.1) is 0 Å². The van der Waals surface area contributed by atoms with Gasteiger partial charge in [0.05, 0.1) is 16.8 Å². The van der Waals surface area contributed by atoms with E-state index >= 15 is 0 Å². The zero-order valence-corrected chi connectivity index (χ0v) is 27.9. The highest BCUT2D eigenvalue weighted by molar-refractivity contribution is 6.13. The molecule has 0 saturated carbocycles. The zero-order valence-electron chi connectivity index (χ0n) is 27.9. The molecule has 1 heterocycles. The highest BCUT2D eigenvalue weighted by atomic mass is 16.3. The zero-order chi connectivity index (χ0) is 34.0. The van der Waals surface area contributed by atoms with E-state index < -0.39 is 0 Å². The van der Waals surface area contributed by atoms with E-state index in [2.05, 4.69) is 204 Å². The number of nitrogens with zero attached hydrogens (tertiary/aromatic N) is 2. The molecule has 242 valence electrons. The molecule has 0 aliphatic heterocycles. The normalized spacial score (nSPS) is 11.1. The number of rotatable bonds is 8. The topological polar surface area (TPSA) is 19.6 Å². The minimum absolute atomic E-state index is 0.862. The molecule has 0 N–H and O–H groups in total. The van der Waals surface area contributed by atoms with Gasteiger partial charge in [0.1, 0.15) is 11.2 Å². The monoisotopic (exact) mass is 654 g/mol. The molecule has 0 saturated heterocycles. The summed E-state index contributed by atoms with van der Waals surface area (Å²) in [7, 11) is 0. The number of benzene rings is 8. The standard InChI is InChI=1S/C48H34N2O/c1-4-16-35(17-5-1)36-30-32-40(33-31-36)50(45-27-15-29-47-48(45)43-25-11-13-28-46(43)51-47)44-26-12-10-24-42(44)37-18-14-23-41(34-37)49(38-19-6-2-7-20-38)39-21-8-3-9-22-39/h1-34H. The first-order valence-corrected chi connectivity index (χ1v) is 17.3. The number of furan rings is 1. The van der Waals surface area contributed by atoms with E-state index in [4.69, 9.17) is 4.42 Å². The van der Waals surface area contributed by atoms with Gasteiger partial charge in [-0.1, -0.05) is 133 Å². The first kappa shape index (κ1) is 30.2. The van der Waals surface area contributed by atoms with Crippen LogP contribution in [0.25, 0.3) is 44.2 Å². The van der Waals surface area contributed by atoms with Gasteiger partial charge >= 0.3 is 0 Å². The summed E-state index contributed by atoms with van der Waals surface area (Å²) >= 11 is 0. The molecule has 0 aliphatic carbocycles. The molecule has 0 spiro atoms. The fourth-order valence-corrected chi connectivity index (χ4v) is 7.11. The van der Waals surface area contributed by atoms with Crippen molar-refractivity contribution in [2.75, 3.05) is 9.80 Å². The number of para-hydroxylation sites is 4. The average Bonchev–Trinajstić information content (AvgIpc) is 3.60. The molecule has 3 heteroatoms. The Morgan fingerprint density at radius 3 is 1.57 bits per heavy atom. The second-order valence-corrected chi connectivity index (χ2v) is 12.6. The summed E-state index contributed by atoms with van der Waals surface area (Å²) in [5.41, 5.74) is 12.8. The molecule has 9 aromatic rings. The van der Waals surface area contributed by atoms with Gasteiger partial charge in [0, 0.05) is 33.7 Å². The van der Waals surface area contributed by atoms with Crippen LogP contribution in [0.5, 0.6) is 0 Å². The second-order valence-electron chi connectivity index (χ2n) is 12.6. The van der Waals surface area contributed by atoms with Crippen LogP contribution in [0, 0.1) is 0 Å². The van der Waals surface area contributed by atoms with Crippen LogP contribution >= 0.6 is 0 Å². The van der Waals surface area contributed by atoms with Crippen LogP contribution in [-0.2, 0) is 0 Å². The van der Waals surface area contributed by atoms with Crippen LogP contribution < -0.4 is 9.80 Å². The summed E-state index contributed by atoms with van der Waals surface area (Å²) in [4.78, 5) is 4.69. The maximum absolute atomic E-state index is 6.40. The third-order valence-electron chi connectivity index (χ3n) is 9.44. The average molecular weight is 655 g/mol. The molecule has 0 unspecified atom stereocenters. The SMILES string of the molecule is c1ccc(-c2ccc(N(c3ccccc3-c3cccc(N(c4ccccc4)c4ccccc4)c3)c3cccc4oc5ccccc5c34)cc2)cc1. The Balaban J connectivity index is 1.24. The van der Waals surface area contributed by atoms with Gasteiger partial charge in [0.2, 0.25) is 0 Å². The van der Waals surface area contributed by atoms with Crippen LogP contribution in [0.2, 0.25) is 0 Å². The predicted molar refractivity (Wildman–Crippen MR) is 214 cm³/mol. The van der Waals surface area contributed by atoms with E-state index in [1.54, 1.807) is 0 Å². The van der Waals surface area contributed by atoms with E-state index in [1.165, 1.54) is 11.1 Å². The van der Waals surface area contributed by atoms with Crippen molar-refractivity contribution in [3.05, 3.63) is 206 Å². The van der Waals surface area contributed by atoms with Gasteiger partial charge in [-0.25, -0.2) is 0 Å². The van der Waals surface area contributed by atoms with Crippen molar-refractivity contribution >= 4 is 56.1 Å². The second kappa shape index (κ2) is 13.2. The maximum Gasteiger partial charge on any atom is 0.137 e. The molecular weight excluding hydrogens is 621 g/mol. The summed E-state index contributed by atoms with van der Waals surface area (Å²) in [5, 5.41) is 2.18. The Bertz CT molecular complexity index is 2540. The Labute approximate surface area is 297 Å². The quantitative estimate of drug-likeness (QED) is 0.163. The molecule has 9 rings (SSSR count). The van der Waals surface area contributed by atoms with Crippen LogP contribution in [0.3, 0.4) is 0 Å². The molecule has 8 aromatic carbocycles. The van der Waals surface area contributed by atoms with Crippen molar-refractivity contribution in [3.63, 3.8) is 0 Å². The lowest BCUT2D eigenvalue weighted by atomic mass is 9.99. The van der Waals surface area contributed by atoms with E-state index in [9.17, 15) is 0 Å². The minimum atomic E-state index is 0.862. The van der Waals surface area contributed by atoms with Crippen molar-refractivity contribution in [2.24, 2.45) is 0 Å². The number of fused-ring (bicyclic) bond motifs is 3.